The number of likely N-dealkylation sites (tertiary alicyclic amines) is 2. The molecule has 0 saturated carbocycles. The van der Waals surface area contributed by atoms with Gasteiger partial charge in [0.2, 0.25) is 11.8 Å². The number of benzene rings is 1. The first-order valence-electron chi connectivity index (χ1n) is 12.6. The summed E-state index contributed by atoms with van der Waals surface area (Å²) in [6.07, 6.45) is -3.65. The van der Waals surface area contributed by atoms with Crippen LogP contribution in [0.3, 0.4) is 0 Å². The standard InChI is InChI=1S/C25H29F4N5O4/c1-32-20(25(27,28)29)12-22(31-32)38-23(15-2-4-17(26)5-3-15)16-6-9-33(10-7-16)24(36)34-11-8-19-18(13-34)30-21(35)14-37-19/h2-5,12,16,18-19,23H,6-11,13-14H2,1H3,(H,30,35)/t18?,19-,23?/m0/s1. The first-order valence-corrected chi connectivity index (χ1v) is 12.6. The normalized spacial score (nSPS) is 23.6. The van der Waals surface area contributed by atoms with Gasteiger partial charge in [0.05, 0.1) is 12.1 Å². The summed E-state index contributed by atoms with van der Waals surface area (Å²) < 4.78 is 65.7. The summed E-state index contributed by atoms with van der Waals surface area (Å²) in [7, 11) is 1.19. The van der Waals surface area contributed by atoms with Gasteiger partial charge in [-0.15, -0.1) is 5.10 Å². The molecule has 1 aromatic carbocycles. The number of hydrogen-bond acceptors (Lipinski definition) is 5. The van der Waals surface area contributed by atoms with Crippen LogP contribution in [0.5, 0.6) is 5.88 Å². The van der Waals surface area contributed by atoms with E-state index in [1.807, 2.05) is 0 Å². The number of amides is 3. The van der Waals surface area contributed by atoms with E-state index in [0.717, 1.165) is 10.7 Å². The van der Waals surface area contributed by atoms with Gasteiger partial charge in [0.1, 0.15) is 24.2 Å². The smallest absolute Gasteiger partial charge is 0.433 e. The van der Waals surface area contributed by atoms with Crippen LogP contribution in [-0.4, -0.2) is 76.5 Å². The van der Waals surface area contributed by atoms with Crippen molar-refractivity contribution in [3.63, 3.8) is 0 Å². The molecule has 3 atom stereocenters. The average molecular weight is 540 g/mol. The van der Waals surface area contributed by atoms with Gasteiger partial charge >= 0.3 is 12.2 Å². The predicted octanol–water partition coefficient (Wildman–Crippen LogP) is 3.12. The molecule has 3 amide bonds. The number of hydrogen-bond donors (Lipinski definition) is 1. The number of carbonyl (C=O) groups is 2. The highest BCUT2D eigenvalue weighted by atomic mass is 19.4. The van der Waals surface area contributed by atoms with E-state index < -0.39 is 23.8 Å². The number of urea groups is 1. The maximum absolute atomic E-state index is 13.6. The molecule has 3 aliphatic heterocycles. The van der Waals surface area contributed by atoms with Crippen LogP contribution in [0.15, 0.2) is 30.3 Å². The molecule has 9 nitrogen and oxygen atoms in total. The zero-order valence-corrected chi connectivity index (χ0v) is 20.8. The van der Waals surface area contributed by atoms with Crippen molar-refractivity contribution in [1.82, 2.24) is 24.9 Å². The molecule has 4 heterocycles. The van der Waals surface area contributed by atoms with Crippen LogP contribution >= 0.6 is 0 Å². The summed E-state index contributed by atoms with van der Waals surface area (Å²) in [6.45, 7) is 1.79. The molecule has 0 spiro atoms. The van der Waals surface area contributed by atoms with Crippen molar-refractivity contribution in [3.05, 3.63) is 47.4 Å². The third kappa shape index (κ3) is 5.57. The summed E-state index contributed by atoms with van der Waals surface area (Å²) in [4.78, 5) is 28.4. The molecule has 0 aliphatic carbocycles. The van der Waals surface area contributed by atoms with Crippen LogP contribution in [0.1, 0.15) is 36.6 Å². The molecule has 1 N–H and O–H groups in total. The van der Waals surface area contributed by atoms with Crippen molar-refractivity contribution in [2.75, 3.05) is 32.8 Å². The molecular formula is C25H29F4N5O4. The Morgan fingerprint density at radius 3 is 2.47 bits per heavy atom. The molecular weight excluding hydrogens is 510 g/mol. The van der Waals surface area contributed by atoms with E-state index in [1.165, 1.54) is 19.2 Å². The molecule has 3 saturated heterocycles. The minimum absolute atomic E-state index is 0.0376. The third-order valence-corrected chi connectivity index (χ3v) is 7.43. The summed E-state index contributed by atoms with van der Waals surface area (Å²) in [6, 6.07) is 6.16. The van der Waals surface area contributed by atoms with Crippen molar-refractivity contribution >= 4 is 11.9 Å². The molecule has 0 radical (unpaired) electrons. The van der Waals surface area contributed by atoms with Crippen molar-refractivity contribution in [2.24, 2.45) is 13.0 Å². The Balaban J connectivity index is 1.26. The molecule has 3 fully saturated rings. The lowest BCUT2D eigenvalue weighted by Crippen LogP contribution is -2.62. The molecule has 5 rings (SSSR count). The average Bonchev–Trinajstić information content (AvgIpc) is 3.28. The summed E-state index contributed by atoms with van der Waals surface area (Å²) >= 11 is 0. The van der Waals surface area contributed by atoms with Crippen LogP contribution in [-0.2, 0) is 22.8 Å². The van der Waals surface area contributed by atoms with Gasteiger partial charge in [-0.3, -0.25) is 9.48 Å². The minimum Gasteiger partial charge on any atom is -0.468 e. The van der Waals surface area contributed by atoms with Crippen molar-refractivity contribution in [1.29, 1.82) is 0 Å². The van der Waals surface area contributed by atoms with Gasteiger partial charge in [0.25, 0.3) is 0 Å². The Kier molecular flexibility index (Phi) is 7.21. The molecule has 2 unspecified atom stereocenters. The maximum Gasteiger partial charge on any atom is 0.433 e. The number of fused-ring (bicyclic) bond motifs is 1. The number of alkyl halides is 3. The molecule has 13 heteroatoms. The fourth-order valence-corrected chi connectivity index (χ4v) is 5.45. The number of aryl methyl sites for hydroxylation is 1. The Hall–Kier alpha value is -3.35. The number of nitrogens with zero attached hydrogens (tertiary/aromatic N) is 4. The fraction of sp³-hybridized carbons (Fsp3) is 0.560. The second-order valence-corrected chi connectivity index (χ2v) is 9.94. The number of piperidine rings is 2. The zero-order chi connectivity index (χ0) is 27.0. The first-order chi connectivity index (χ1) is 18.1. The number of rotatable bonds is 4. The summed E-state index contributed by atoms with van der Waals surface area (Å²) in [5.41, 5.74) is -0.320. The van der Waals surface area contributed by atoms with E-state index in [-0.39, 0.29) is 42.5 Å². The summed E-state index contributed by atoms with van der Waals surface area (Å²) in [5.74, 6) is -0.943. The van der Waals surface area contributed by atoms with Gasteiger partial charge in [-0.1, -0.05) is 12.1 Å². The van der Waals surface area contributed by atoms with Crippen LogP contribution in [0.25, 0.3) is 0 Å². The molecule has 0 bridgehead atoms. The van der Waals surface area contributed by atoms with Crippen molar-refractivity contribution in [3.8, 4) is 5.88 Å². The van der Waals surface area contributed by atoms with Crippen LogP contribution in [0, 0.1) is 11.7 Å². The highest BCUT2D eigenvalue weighted by Gasteiger charge is 2.40. The van der Waals surface area contributed by atoms with Crippen LogP contribution in [0.2, 0.25) is 0 Å². The van der Waals surface area contributed by atoms with Crippen LogP contribution < -0.4 is 10.1 Å². The van der Waals surface area contributed by atoms with E-state index in [1.54, 1.807) is 21.9 Å². The number of carbonyl (C=O) groups excluding carboxylic acids is 2. The Bertz CT molecular complexity index is 1160. The topological polar surface area (TPSA) is 88.9 Å². The maximum atomic E-state index is 13.6. The van der Waals surface area contributed by atoms with E-state index in [9.17, 15) is 27.2 Å². The SMILES string of the molecule is Cn1nc(OC(c2ccc(F)cc2)C2CCN(C(=O)N3CC[C@@H]4OCC(=O)NC4C3)CC2)cc1C(F)(F)F. The number of aromatic nitrogens is 2. The largest absolute Gasteiger partial charge is 0.468 e. The first kappa shape index (κ1) is 26.3. The number of nitrogens with one attached hydrogen (secondary N) is 1. The lowest BCUT2D eigenvalue weighted by atomic mass is 9.87. The number of halogens is 4. The summed E-state index contributed by atoms with van der Waals surface area (Å²) in [5, 5.41) is 6.78. The van der Waals surface area contributed by atoms with Gasteiger partial charge in [-0.2, -0.15) is 13.2 Å². The Labute approximate surface area is 216 Å². The molecule has 38 heavy (non-hydrogen) atoms. The van der Waals surface area contributed by atoms with Gasteiger partial charge < -0.3 is 24.6 Å². The van der Waals surface area contributed by atoms with E-state index >= 15 is 0 Å². The quantitative estimate of drug-likeness (QED) is 0.604. The molecule has 1 aromatic heterocycles. The minimum atomic E-state index is -4.58. The van der Waals surface area contributed by atoms with Crippen molar-refractivity contribution < 1.29 is 36.6 Å². The highest BCUT2D eigenvalue weighted by molar-refractivity contribution is 5.79. The molecule has 3 aliphatic rings. The van der Waals surface area contributed by atoms with E-state index in [4.69, 9.17) is 9.47 Å². The van der Waals surface area contributed by atoms with Gasteiger partial charge in [0.15, 0.2) is 0 Å². The molecule has 2 aromatic rings. The Morgan fingerprint density at radius 1 is 1.13 bits per heavy atom. The van der Waals surface area contributed by atoms with Crippen molar-refractivity contribution in [2.45, 2.75) is 43.7 Å². The highest BCUT2D eigenvalue weighted by Crippen LogP contribution is 2.37. The lowest BCUT2D eigenvalue weighted by Gasteiger charge is -2.43. The second kappa shape index (κ2) is 10.4. The lowest BCUT2D eigenvalue weighted by molar-refractivity contribution is -0.143. The third-order valence-electron chi connectivity index (χ3n) is 7.43. The van der Waals surface area contributed by atoms with E-state index in [0.29, 0.717) is 51.0 Å². The number of morpholine rings is 1. The van der Waals surface area contributed by atoms with Crippen LogP contribution in [0.4, 0.5) is 22.4 Å². The van der Waals surface area contributed by atoms with Gasteiger partial charge in [-0.05, 0) is 37.0 Å². The Morgan fingerprint density at radius 2 is 1.82 bits per heavy atom. The fourth-order valence-electron chi connectivity index (χ4n) is 5.45. The monoisotopic (exact) mass is 539 g/mol. The van der Waals surface area contributed by atoms with Gasteiger partial charge in [-0.25, -0.2) is 9.18 Å². The number of ether oxygens (including phenoxy) is 2. The predicted molar refractivity (Wildman–Crippen MR) is 126 cm³/mol. The van der Waals surface area contributed by atoms with Gasteiger partial charge in [0, 0.05) is 45.2 Å². The molecule has 206 valence electrons. The second-order valence-electron chi connectivity index (χ2n) is 9.94. The zero-order valence-electron chi connectivity index (χ0n) is 20.8. The van der Waals surface area contributed by atoms with E-state index in [2.05, 4.69) is 10.4 Å².